The van der Waals surface area contributed by atoms with Gasteiger partial charge in [0.15, 0.2) is 0 Å². The Morgan fingerprint density at radius 2 is 1.93 bits per heavy atom. The van der Waals surface area contributed by atoms with Gasteiger partial charge in [0.1, 0.15) is 12.3 Å². The number of nitrogens with zero attached hydrogens (tertiary/aromatic N) is 2. The van der Waals surface area contributed by atoms with E-state index in [0.29, 0.717) is 0 Å². The molecule has 0 radical (unpaired) electrons. The van der Waals surface area contributed by atoms with Crippen LogP contribution in [-0.4, -0.2) is 27.7 Å². The predicted octanol–water partition coefficient (Wildman–Crippen LogP) is 4.57. The predicted molar refractivity (Wildman–Crippen MR) is 106 cm³/mol. The Kier molecular flexibility index (Phi) is 4.07. The zero-order valence-electron chi connectivity index (χ0n) is 15.5. The fourth-order valence-corrected chi connectivity index (χ4v) is 3.75. The summed E-state index contributed by atoms with van der Waals surface area (Å²) in [5.74, 6) is -0.0942. The second kappa shape index (κ2) is 6.43. The van der Waals surface area contributed by atoms with Gasteiger partial charge in [0.05, 0.1) is 12.6 Å². The number of aryl methyl sites for hydroxylation is 1. The maximum absolute atomic E-state index is 11.4. The van der Waals surface area contributed by atoms with E-state index in [1.165, 1.54) is 0 Å². The molecule has 4 aromatic rings. The number of carbonyl (C=O) groups is 1. The summed E-state index contributed by atoms with van der Waals surface area (Å²) in [5, 5.41) is 11.4. The van der Waals surface area contributed by atoms with Gasteiger partial charge in [-0.2, -0.15) is 0 Å². The van der Waals surface area contributed by atoms with Crippen LogP contribution in [0, 0.1) is 13.8 Å². The van der Waals surface area contributed by atoms with E-state index in [1.54, 1.807) is 13.3 Å². The van der Waals surface area contributed by atoms with Crippen molar-refractivity contribution in [2.45, 2.75) is 20.4 Å². The fourth-order valence-electron chi connectivity index (χ4n) is 3.75. The molecule has 0 unspecified atom stereocenters. The summed E-state index contributed by atoms with van der Waals surface area (Å²) in [7, 11) is 1.64. The summed E-state index contributed by atoms with van der Waals surface area (Å²) in [6.07, 6.45) is 1.79. The number of carboxylic acids is 1. The highest BCUT2D eigenvalue weighted by atomic mass is 16.5. The van der Waals surface area contributed by atoms with Crippen molar-refractivity contribution in [3.63, 3.8) is 0 Å². The number of carboxylic acid groups (broad SMARTS) is 1. The third-order valence-electron chi connectivity index (χ3n) is 4.99. The normalized spacial score (nSPS) is 11.2. The number of hydrogen-bond donors (Lipinski definition) is 1. The lowest BCUT2D eigenvalue weighted by Gasteiger charge is -2.09. The lowest BCUT2D eigenvalue weighted by Crippen LogP contribution is -2.09. The summed E-state index contributed by atoms with van der Waals surface area (Å²) in [5.41, 5.74) is 5.91. The lowest BCUT2D eigenvalue weighted by molar-refractivity contribution is -0.137. The number of aromatic nitrogens is 2. The number of hydrogen-bond acceptors (Lipinski definition) is 3. The van der Waals surface area contributed by atoms with E-state index in [0.717, 1.165) is 49.9 Å². The molecular formula is C22H20N2O3. The standard InChI is InChI=1S/C22H20N2O3/c1-13-4-7-20-18(10-13)22(14(2)24(20)12-21(25)26)16-8-9-23-19-6-5-15(27-3)11-17(16)19/h4-11H,12H2,1-3H3,(H,25,26). The first-order valence-electron chi connectivity index (χ1n) is 8.74. The number of ether oxygens (including phenoxy) is 1. The molecule has 0 aliphatic heterocycles. The number of fused-ring (bicyclic) bond motifs is 2. The first kappa shape index (κ1) is 17.1. The van der Waals surface area contributed by atoms with Gasteiger partial charge < -0.3 is 14.4 Å². The molecule has 4 rings (SSSR count). The molecule has 0 amide bonds. The quantitative estimate of drug-likeness (QED) is 0.579. The maximum Gasteiger partial charge on any atom is 0.323 e. The van der Waals surface area contributed by atoms with Crippen LogP contribution in [0.4, 0.5) is 0 Å². The Morgan fingerprint density at radius 1 is 1.11 bits per heavy atom. The Balaban J connectivity index is 2.10. The van der Waals surface area contributed by atoms with E-state index in [2.05, 4.69) is 11.1 Å². The van der Waals surface area contributed by atoms with Crippen molar-refractivity contribution in [2.24, 2.45) is 0 Å². The first-order valence-corrected chi connectivity index (χ1v) is 8.74. The van der Waals surface area contributed by atoms with Crippen molar-refractivity contribution in [2.75, 3.05) is 7.11 Å². The number of methoxy groups -OCH3 is 1. The van der Waals surface area contributed by atoms with Gasteiger partial charge in [0.2, 0.25) is 0 Å². The number of rotatable bonds is 4. The minimum atomic E-state index is -0.858. The highest BCUT2D eigenvalue weighted by Crippen LogP contribution is 2.39. The largest absolute Gasteiger partial charge is 0.497 e. The monoisotopic (exact) mass is 360 g/mol. The van der Waals surface area contributed by atoms with Crippen LogP contribution < -0.4 is 4.74 Å². The van der Waals surface area contributed by atoms with Crippen LogP contribution in [0.5, 0.6) is 5.75 Å². The summed E-state index contributed by atoms with van der Waals surface area (Å²) in [4.78, 5) is 15.9. The Hall–Kier alpha value is -3.34. The number of benzene rings is 2. The third kappa shape index (κ3) is 2.81. The van der Waals surface area contributed by atoms with Crippen LogP contribution in [0.15, 0.2) is 48.7 Å². The van der Waals surface area contributed by atoms with Crippen molar-refractivity contribution in [3.8, 4) is 16.9 Å². The van der Waals surface area contributed by atoms with E-state index in [9.17, 15) is 9.90 Å². The van der Waals surface area contributed by atoms with Gasteiger partial charge in [0, 0.05) is 33.7 Å². The van der Waals surface area contributed by atoms with Crippen LogP contribution in [0.25, 0.3) is 32.9 Å². The van der Waals surface area contributed by atoms with Crippen LogP contribution in [0.3, 0.4) is 0 Å². The molecule has 0 aliphatic rings. The molecule has 136 valence electrons. The Bertz CT molecular complexity index is 1190. The van der Waals surface area contributed by atoms with Crippen molar-refractivity contribution in [1.82, 2.24) is 9.55 Å². The van der Waals surface area contributed by atoms with Gasteiger partial charge in [0.25, 0.3) is 0 Å². The van der Waals surface area contributed by atoms with Gasteiger partial charge >= 0.3 is 5.97 Å². The minimum Gasteiger partial charge on any atom is -0.497 e. The molecule has 27 heavy (non-hydrogen) atoms. The Labute approximate surface area is 156 Å². The summed E-state index contributed by atoms with van der Waals surface area (Å²) in [6, 6.07) is 13.9. The van der Waals surface area contributed by atoms with Crippen molar-refractivity contribution in [3.05, 3.63) is 59.9 Å². The van der Waals surface area contributed by atoms with E-state index in [4.69, 9.17) is 4.74 Å². The van der Waals surface area contributed by atoms with Crippen LogP contribution in [0.2, 0.25) is 0 Å². The SMILES string of the molecule is COc1ccc2nccc(-c3c(C)n(CC(=O)O)c4ccc(C)cc34)c2c1. The van der Waals surface area contributed by atoms with Crippen LogP contribution in [0.1, 0.15) is 11.3 Å². The fraction of sp³-hybridized carbons (Fsp3) is 0.182. The van der Waals surface area contributed by atoms with Gasteiger partial charge in [-0.1, -0.05) is 11.6 Å². The second-order valence-electron chi connectivity index (χ2n) is 6.70. The Morgan fingerprint density at radius 3 is 2.67 bits per heavy atom. The second-order valence-corrected chi connectivity index (χ2v) is 6.70. The minimum absolute atomic E-state index is 0.0717. The molecule has 2 heterocycles. The molecule has 1 N–H and O–H groups in total. The van der Waals surface area contributed by atoms with Crippen LogP contribution >= 0.6 is 0 Å². The van der Waals surface area contributed by atoms with Crippen LogP contribution in [-0.2, 0) is 11.3 Å². The molecule has 0 aliphatic carbocycles. The average molecular weight is 360 g/mol. The molecular weight excluding hydrogens is 340 g/mol. The molecule has 0 saturated heterocycles. The summed E-state index contributed by atoms with van der Waals surface area (Å²) in [6.45, 7) is 3.94. The highest BCUT2D eigenvalue weighted by Gasteiger charge is 2.19. The van der Waals surface area contributed by atoms with E-state index in [-0.39, 0.29) is 6.54 Å². The third-order valence-corrected chi connectivity index (χ3v) is 4.99. The van der Waals surface area contributed by atoms with Gasteiger partial charge in [-0.3, -0.25) is 9.78 Å². The van der Waals surface area contributed by atoms with Gasteiger partial charge in [-0.15, -0.1) is 0 Å². The van der Waals surface area contributed by atoms with Crippen molar-refractivity contribution in [1.29, 1.82) is 0 Å². The molecule has 0 atom stereocenters. The summed E-state index contributed by atoms with van der Waals surface area (Å²) >= 11 is 0. The maximum atomic E-state index is 11.4. The molecule has 0 spiro atoms. The van der Waals surface area contributed by atoms with E-state index in [1.807, 2.05) is 54.8 Å². The summed E-state index contributed by atoms with van der Waals surface area (Å²) < 4.78 is 7.26. The van der Waals surface area contributed by atoms with Crippen molar-refractivity contribution < 1.29 is 14.6 Å². The smallest absolute Gasteiger partial charge is 0.323 e. The average Bonchev–Trinajstić information content (AvgIpc) is 2.91. The first-order chi connectivity index (χ1) is 13.0. The molecule has 2 aromatic carbocycles. The molecule has 0 fully saturated rings. The molecule has 2 aromatic heterocycles. The van der Waals surface area contributed by atoms with E-state index >= 15 is 0 Å². The lowest BCUT2D eigenvalue weighted by atomic mass is 9.98. The van der Waals surface area contributed by atoms with Gasteiger partial charge in [-0.25, -0.2) is 0 Å². The molecule has 5 heteroatoms. The number of pyridine rings is 1. The zero-order valence-corrected chi connectivity index (χ0v) is 15.5. The molecule has 0 bridgehead atoms. The van der Waals surface area contributed by atoms with Crippen molar-refractivity contribution >= 4 is 27.8 Å². The van der Waals surface area contributed by atoms with E-state index < -0.39 is 5.97 Å². The number of aliphatic carboxylic acids is 1. The highest BCUT2D eigenvalue weighted by molar-refractivity contribution is 6.06. The molecule has 0 saturated carbocycles. The van der Waals surface area contributed by atoms with Gasteiger partial charge in [-0.05, 0) is 55.8 Å². The zero-order chi connectivity index (χ0) is 19.1. The topological polar surface area (TPSA) is 64.4 Å². The molecule has 5 nitrogen and oxygen atoms in total.